The van der Waals surface area contributed by atoms with E-state index in [2.05, 4.69) is 17.6 Å². The first kappa shape index (κ1) is 19.9. The average molecular weight is 360 g/mol. The second-order valence-electron chi connectivity index (χ2n) is 5.54. The van der Waals surface area contributed by atoms with Crippen LogP contribution in [0.2, 0.25) is 0 Å². The standard InChI is InChI=1S/C16H25N3O2S.ClH/c1-2-7-17-8-9-18-16(21)14-6-3-10-19(14)15(20)12-13-5-4-11-22-13;/h4-5,11,14,17H,2-3,6-10,12H2,1H3,(H,18,21);1H. The molecule has 0 aliphatic carbocycles. The second kappa shape index (κ2) is 10.6. The zero-order valence-corrected chi connectivity index (χ0v) is 15.2. The van der Waals surface area contributed by atoms with Crippen molar-refractivity contribution in [2.75, 3.05) is 26.2 Å². The van der Waals surface area contributed by atoms with Crippen LogP contribution in [0.25, 0.3) is 0 Å². The van der Waals surface area contributed by atoms with Crippen LogP contribution >= 0.6 is 23.7 Å². The van der Waals surface area contributed by atoms with Crippen LogP contribution in [0.3, 0.4) is 0 Å². The number of hydrogen-bond acceptors (Lipinski definition) is 4. The number of hydrogen-bond donors (Lipinski definition) is 2. The number of likely N-dealkylation sites (tertiary alicyclic amines) is 1. The van der Waals surface area contributed by atoms with E-state index >= 15 is 0 Å². The SMILES string of the molecule is CCCNCCNC(=O)C1CCCN1C(=O)Cc1cccs1.Cl. The van der Waals surface area contributed by atoms with Gasteiger partial charge >= 0.3 is 0 Å². The fraction of sp³-hybridized carbons (Fsp3) is 0.625. The Hall–Kier alpha value is -1.11. The lowest BCUT2D eigenvalue weighted by Gasteiger charge is -2.24. The Morgan fingerprint density at radius 3 is 2.87 bits per heavy atom. The van der Waals surface area contributed by atoms with Gasteiger partial charge in [-0.2, -0.15) is 0 Å². The van der Waals surface area contributed by atoms with E-state index in [0.717, 1.165) is 37.2 Å². The van der Waals surface area contributed by atoms with Gasteiger partial charge in [-0.3, -0.25) is 9.59 Å². The molecule has 0 spiro atoms. The van der Waals surface area contributed by atoms with Crippen molar-refractivity contribution in [2.45, 2.75) is 38.6 Å². The van der Waals surface area contributed by atoms with Crippen molar-refractivity contribution in [1.82, 2.24) is 15.5 Å². The van der Waals surface area contributed by atoms with Crippen LogP contribution in [0.15, 0.2) is 17.5 Å². The van der Waals surface area contributed by atoms with Gasteiger partial charge in [0.2, 0.25) is 11.8 Å². The molecule has 0 aromatic carbocycles. The van der Waals surface area contributed by atoms with Crippen molar-refractivity contribution in [1.29, 1.82) is 0 Å². The Morgan fingerprint density at radius 2 is 2.17 bits per heavy atom. The highest BCUT2D eigenvalue weighted by molar-refractivity contribution is 7.10. The molecule has 2 heterocycles. The number of carbonyl (C=O) groups is 2. The largest absolute Gasteiger partial charge is 0.353 e. The maximum Gasteiger partial charge on any atom is 0.242 e. The summed E-state index contributed by atoms with van der Waals surface area (Å²) in [6.07, 6.45) is 3.16. The van der Waals surface area contributed by atoms with Crippen molar-refractivity contribution >= 4 is 35.6 Å². The number of carbonyl (C=O) groups excluding carboxylic acids is 2. The summed E-state index contributed by atoms with van der Waals surface area (Å²) in [5.41, 5.74) is 0. The molecule has 0 radical (unpaired) electrons. The monoisotopic (exact) mass is 359 g/mol. The molecule has 1 unspecified atom stereocenters. The second-order valence-corrected chi connectivity index (χ2v) is 6.57. The van der Waals surface area contributed by atoms with Gasteiger partial charge in [0.15, 0.2) is 0 Å². The van der Waals surface area contributed by atoms with Crippen LogP contribution in [0, 0.1) is 0 Å². The van der Waals surface area contributed by atoms with E-state index in [0.29, 0.717) is 19.5 Å². The minimum atomic E-state index is -0.293. The summed E-state index contributed by atoms with van der Waals surface area (Å²) in [7, 11) is 0. The van der Waals surface area contributed by atoms with E-state index in [-0.39, 0.29) is 30.3 Å². The predicted octanol–water partition coefficient (Wildman–Crippen LogP) is 1.82. The molecule has 2 N–H and O–H groups in total. The first-order valence-electron chi connectivity index (χ1n) is 8.02. The highest BCUT2D eigenvalue weighted by Crippen LogP contribution is 2.20. The van der Waals surface area contributed by atoms with Crippen molar-refractivity contribution in [3.63, 3.8) is 0 Å². The molecule has 2 rings (SSSR count). The predicted molar refractivity (Wildman–Crippen MR) is 96.2 cm³/mol. The molecule has 1 saturated heterocycles. The first-order valence-corrected chi connectivity index (χ1v) is 8.90. The number of nitrogens with zero attached hydrogens (tertiary/aromatic N) is 1. The highest BCUT2D eigenvalue weighted by Gasteiger charge is 2.33. The Labute approximate surface area is 148 Å². The molecule has 1 aromatic rings. The summed E-state index contributed by atoms with van der Waals surface area (Å²) in [6, 6.07) is 3.62. The molecule has 1 aliphatic heterocycles. The number of thiophene rings is 1. The average Bonchev–Trinajstić information content (AvgIpc) is 3.17. The van der Waals surface area contributed by atoms with E-state index in [1.165, 1.54) is 0 Å². The Morgan fingerprint density at radius 1 is 1.35 bits per heavy atom. The molecule has 1 atom stereocenters. The van der Waals surface area contributed by atoms with E-state index in [1.54, 1.807) is 16.2 Å². The third-order valence-electron chi connectivity index (χ3n) is 3.81. The third kappa shape index (κ3) is 6.12. The van der Waals surface area contributed by atoms with Crippen molar-refractivity contribution < 1.29 is 9.59 Å². The van der Waals surface area contributed by atoms with E-state index < -0.39 is 0 Å². The van der Waals surface area contributed by atoms with Crippen LogP contribution < -0.4 is 10.6 Å². The van der Waals surface area contributed by atoms with Gasteiger partial charge in [0, 0.05) is 24.5 Å². The Kier molecular flexibility index (Phi) is 9.21. The molecule has 1 aliphatic rings. The summed E-state index contributed by atoms with van der Waals surface area (Å²) in [5, 5.41) is 8.16. The van der Waals surface area contributed by atoms with Gasteiger partial charge in [0.05, 0.1) is 6.42 Å². The molecule has 5 nitrogen and oxygen atoms in total. The summed E-state index contributed by atoms with van der Waals surface area (Å²) >= 11 is 1.58. The number of halogens is 1. The number of rotatable bonds is 8. The Bertz CT molecular complexity index is 482. The summed E-state index contributed by atoms with van der Waals surface area (Å²) in [5.74, 6) is 0.0412. The maximum atomic E-state index is 12.4. The summed E-state index contributed by atoms with van der Waals surface area (Å²) in [4.78, 5) is 27.4. The smallest absolute Gasteiger partial charge is 0.242 e. The normalized spacial score (nSPS) is 16.9. The van der Waals surface area contributed by atoms with Gasteiger partial charge in [0.1, 0.15) is 6.04 Å². The van der Waals surface area contributed by atoms with Gasteiger partial charge in [-0.05, 0) is 37.3 Å². The van der Waals surface area contributed by atoms with Gasteiger partial charge < -0.3 is 15.5 Å². The van der Waals surface area contributed by atoms with E-state index in [1.807, 2.05) is 17.5 Å². The number of nitrogens with one attached hydrogen (secondary N) is 2. The summed E-state index contributed by atoms with van der Waals surface area (Å²) in [6.45, 7) is 5.15. The third-order valence-corrected chi connectivity index (χ3v) is 4.69. The molecule has 1 aromatic heterocycles. The van der Waals surface area contributed by atoms with Gasteiger partial charge in [-0.15, -0.1) is 23.7 Å². The Balaban J connectivity index is 0.00000264. The van der Waals surface area contributed by atoms with E-state index in [9.17, 15) is 9.59 Å². The zero-order valence-electron chi connectivity index (χ0n) is 13.5. The van der Waals surface area contributed by atoms with Crippen molar-refractivity contribution in [3.05, 3.63) is 22.4 Å². The van der Waals surface area contributed by atoms with Crippen LogP contribution in [-0.4, -0.2) is 48.9 Å². The molecule has 7 heteroatoms. The molecule has 0 bridgehead atoms. The van der Waals surface area contributed by atoms with Crippen LogP contribution in [0.4, 0.5) is 0 Å². The molecule has 1 fully saturated rings. The molecular formula is C16H26ClN3O2S. The van der Waals surface area contributed by atoms with Crippen LogP contribution in [-0.2, 0) is 16.0 Å². The molecule has 2 amide bonds. The zero-order chi connectivity index (χ0) is 15.8. The lowest BCUT2D eigenvalue weighted by atomic mass is 10.2. The minimum absolute atomic E-state index is 0. The maximum absolute atomic E-state index is 12.4. The lowest BCUT2D eigenvalue weighted by molar-refractivity contribution is -0.137. The fourth-order valence-electron chi connectivity index (χ4n) is 2.70. The molecule has 130 valence electrons. The lowest BCUT2D eigenvalue weighted by Crippen LogP contribution is -2.47. The minimum Gasteiger partial charge on any atom is -0.353 e. The van der Waals surface area contributed by atoms with Crippen molar-refractivity contribution in [2.24, 2.45) is 0 Å². The quantitative estimate of drug-likeness (QED) is 0.696. The van der Waals surface area contributed by atoms with Crippen LogP contribution in [0.1, 0.15) is 31.1 Å². The highest BCUT2D eigenvalue weighted by atomic mass is 35.5. The molecule has 0 saturated carbocycles. The van der Waals surface area contributed by atoms with Gasteiger partial charge in [-0.25, -0.2) is 0 Å². The molecule has 23 heavy (non-hydrogen) atoms. The van der Waals surface area contributed by atoms with Crippen molar-refractivity contribution in [3.8, 4) is 0 Å². The topological polar surface area (TPSA) is 61.4 Å². The molecular weight excluding hydrogens is 334 g/mol. The van der Waals surface area contributed by atoms with Gasteiger partial charge in [-0.1, -0.05) is 13.0 Å². The van der Waals surface area contributed by atoms with E-state index in [4.69, 9.17) is 0 Å². The van der Waals surface area contributed by atoms with Crippen LogP contribution in [0.5, 0.6) is 0 Å². The fourth-order valence-corrected chi connectivity index (χ4v) is 3.39. The summed E-state index contributed by atoms with van der Waals surface area (Å²) < 4.78 is 0. The van der Waals surface area contributed by atoms with Gasteiger partial charge in [0.25, 0.3) is 0 Å². The number of amides is 2. The first-order chi connectivity index (χ1) is 10.7.